The van der Waals surface area contributed by atoms with E-state index in [1.54, 1.807) is 13.8 Å². The van der Waals surface area contributed by atoms with Crippen molar-refractivity contribution < 1.29 is 35.4 Å². The van der Waals surface area contributed by atoms with Crippen molar-refractivity contribution in [3.05, 3.63) is 0 Å². The Morgan fingerprint density at radius 1 is 0.905 bits per heavy atom. The van der Waals surface area contributed by atoms with Gasteiger partial charge in [-0.3, -0.25) is 0 Å². The average Bonchev–Trinajstić information content (AvgIpc) is 2.48. The maximum Gasteiger partial charge on any atom is 0.0986 e. The number of rotatable bonds is 12. The molecule has 0 aromatic heterocycles. The topological polar surface area (TPSA) is 131 Å². The van der Waals surface area contributed by atoms with Crippen molar-refractivity contribution in [2.45, 2.75) is 44.5 Å². The smallest absolute Gasteiger partial charge is 0.0986 e. The van der Waals surface area contributed by atoms with Crippen LogP contribution in [0, 0.1) is 11.8 Å². The van der Waals surface area contributed by atoms with E-state index in [1.807, 2.05) is 0 Å². The van der Waals surface area contributed by atoms with Gasteiger partial charge in [0.2, 0.25) is 0 Å². The van der Waals surface area contributed by atoms with Crippen molar-refractivity contribution in [2.24, 2.45) is 11.8 Å². The van der Waals surface area contributed by atoms with E-state index < -0.39 is 42.9 Å². The van der Waals surface area contributed by atoms with Gasteiger partial charge in [0.15, 0.2) is 0 Å². The van der Waals surface area contributed by atoms with Gasteiger partial charge in [0, 0.05) is 11.8 Å². The quantitative estimate of drug-likeness (QED) is 0.241. The summed E-state index contributed by atoms with van der Waals surface area (Å²) in [5, 5.41) is 58.0. The Morgan fingerprint density at radius 2 is 1.33 bits per heavy atom. The van der Waals surface area contributed by atoms with Crippen LogP contribution in [-0.2, 0) is 4.74 Å². The fraction of sp³-hybridized carbons (Fsp3) is 1.00. The molecule has 21 heavy (non-hydrogen) atoms. The Labute approximate surface area is 125 Å². The van der Waals surface area contributed by atoms with Gasteiger partial charge >= 0.3 is 0 Å². The molecule has 0 amide bonds. The molecule has 0 heterocycles. The number of aliphatic hydroxyl groups is 6. The zero-order valence-electron chi connectivity index (χ0n) is 12.9. The fourth-order valence-electron chi connectivity index (χ4n) is 2.96. The maximum atomic E-state index is 11.0. The van der Waals surface area contributed by atoms with E-state index in [-0.39, 0.29) is 19.8 Å². The molecule has 128 valence electrons. The number of ether oxygens (including phenoxy) is 1. The first-order chi connectivity index (χ1) is 9.92. The Hall–Kier alpha value is -0.280. The first-order valence-corrected chi connectivity index (χ1v) is 7.41. The third-order valence-corrected chi connectivity index (χ3v) is 4.04. The van der Waals surface area contributed by atoms with Crippen LogP contribution >= 0.6 is 0 Å². The molecule has 4 unspecified atom stereocenters. The van der Waals surface area contributed by atoms with E-state index in [0.717, 1.165) is 0 Å². The lowest BCUT2D eigenvalue weighted by molar-refractivity contribution is -0.182. The van der Waals surface area contributed by atoms with Gasteiger partial charge in [-0.25, -0.2) is 0 Å². The van der Waals surface area contributed by atoms with Crippen LogP contribution in [0.2, 0.25) is 0 Å². The summed E-state index contributed by atoms with van der Waals surface area (Å²) in [7, 11) is 0. The minimum Gasteiger partial charge on any atom is -0.394 e. The molecule has 0 aromatic rings. The van der Waals surface area contributed by atoms with E-state index in [0.29, 0.717) is 12.8 Å². The second-order valence-electron chi connectivity index (χ2n) is 5.30. The highest BCUT2D eigenvalue weighted by molar-refractivity contribution is 4.97. The van der Waals surface area contributed by atoms with E-state index in [4.69, 9.17) is 20.1 Å². The molecule has 0 aliphatic heterocycles. The summed E-state index contributed by atoms with van der Waals surface area (Å²) in [4.78, 5) is 0. The van der Waals surface area contributed by atoms with Crippen molar-refractivity contribution >= 4 is 0 Å². The van der Waals surface area contributed by atoms with Gasteiger partial charge in [0.05, 0.1) is 50.8 Å². The summed E-state index contributed by atoms with van der Waals surface area (Å²) in [5.41, 5.74) is -1.62. The summed E-state index contributed by atoms with van der Waals surface area (Å²) in [6, 6.07) is 0. The van der Waals surface area contributed by atoms with Crippen molar-refractivity contribution in [1.82, 2.24) is 0 Å². The Kier molecular flexibility index (Phi) is 10.3. The zero-order chi connectivity index (χ0) is 16.5. The highest BCUT2D eigenvalue weighted by Crippen LogP contribution is 2.36. The second-order valence-corrected chi connectivity index (χ2v) is 5.30. The Balaban J connectivity index is 5.39. The Bertz CT molecular complexity index is 244. The maximum absolute atomic E-state index is 11.0. The largest absolute Gasteiger partial charge is 0.394 e. The number of hydrogen-bond acceptors (Lipinski definition) is 7. The van der Waals surface area contributed by atoms with Crippen LogP contribution in [-0.4, -0.2) is 81.5 Å². The third-order valence-electron chi connectivity index (χ3n) is 4.04. The summed E-state index contributed by atoms with van der Waals surface area (Å²) >= 11 is 0. The molecule has 0 radical (unpaired) electrons. The summed E-state index contributed by atoms with van der Waals surface area (Å²) in [6.07, 6.45) is -1.62. The van der Waals surface area contributed by atoms with Crippen molar-refractivity contribution in [2.75, 3.05) is 33.0 Å². The van der Waals surface area contributed by atoms with Crippen LogP contribution in [0.5, 0.6) is 0 Å². The van der Waals surface area contributed by atoms with Crippen LogP contribution in [0.15, 0.2) is 0 Å². The van der Waals surface area contributed by atoms with Crippen molar-refractivity contribution in [3.63, 3.8) is 0 Å². The number of hydrogen-bond donors (Lipinski definition) is 6. The molecule has 0 aliphatic carbocycles. The standard InChI is InChI=1S/C14H30O7/c1-3-10(12(18)7-16)14(20,9-21-6-5-15)11(4-2)13(19)8-17/h10-13,15-20H,3-9H2,1-2H3. The van der Waals surface area contributed by atoms with E-state index in [1.165, 1.54) is 0 Å². The Morgan fingerprint density at radius 3 is 1.62 bits per heavy atom. The lowest BCUT2D eigenvalue weighted by Crippen LogP contribution is -2.57. The first kappa shape index (κ1) is 20.7. The molecule has 0 spiro atoms. The molecule has 7 heteroatoms. The molecular formula is C14H30O7. The van der Waals surface area contributed by atoms with Gasteiger partial charge in [-0.15, -0.1) is 0 Å². The van der Waals surface area contributed by atoms with Crippen LogP contribution < -0.4 is 0 Å². The van der Waals surface area contributed by atoms with Crippen LogP contribution in [0.1, 0.15) is 26.7 Å². The molecule has 0 saturated carbocycles. The van der Waals surface area contributed by atoms with Gasteiger partial charge in [0.1, 0.15) is 0 Å². The second kappa shape index (κ2) is 10.4. The molecular weight excluding hydrogens is 280 g/mol. The molecule has 0 saturated heterocycles. The lowest BCUT2D eigenvalue weighted by Gasteiger charge is -2.44. The van der Waals surface area contributed by atoms with Crippen LogP contribution in [0.25, 0.3) is 0 Å². The minimum atomic E-state index is -1.62. The minimum absolute atomic E-state index is 0.0135. The van der Waals surface area contributed by atoms with Crippen LogP contribution in [0.3, 0.4) is 0 Å². The van der Waals surface area contributed by atoms with Gasteiger partial charge in [-0.05, 0) is 12.8 Å². The van der Waals surface area contributed by atoms with Crippen molar-refractivity contribution in [1.29, 1.82) is 0 Å². The molecule has 0 aromatic carbocycles. The fourth-order valence-corrected chi connectivity index (χ4v) is 2.96. The average molecular weight is 310 g/mol. The molecule has 4 atom stereocenters. The van der Waals surface area contributed by atoms with E-state index >= 15 is 0 Å². The monoisotopic (exact) mass is 310 g/mol. The van der Waals surface area contributed by atoms with E-state index in [9.17, 15) is 15.3 Å². The highest BCUT2D eigenvalue weighted by Gasteiger charge is 2.48. The van der Waals surface area contributed by atoms with Crippen LogP contribution in [0.4, 0.5) is 0 Å². The molecule has 0 aliphatic rings. The van der Waals surface area contributed by atoms with Gasteiger partial charge < -0.3 is 35.4 Å². The lowest BCUT2D eigenvalue weighted by atomic mass is 9.70. The zero-order valence-corrected chi connectivity index (χ0v) is 12.9. The van der Waals surface area contributed by atoms with Crippen molar-refractivity contribution in [3.8, 4) is 0 Å². The molecule has 0 bridgehead atoms. The van der Waals surface area contributed by atoms with Gasteiger partial charge in [0.25, 0.3) is 0 Å². The van der Waals surface area contributed by atoms with Gasteiger partial charge in [-0.1, -0.05) is 13.8 Å². The normalized spacial score (nSPS) is 20.6. The molecule has 6 N–H and O–H groups in total. The van der Waals surface area contributed by atoms with E-state index in [2.05, 4.69) is 0 Å². The third kappa shape index (κ3) is 5.45. The summed E-state index contributed by atoms with van der Waals surface area (Å²) in [5.74, 6) is -1.46. The van der Waals surface area contributed by atoms with Gasteiger partial charge in [-0.2, -0.15) is 0 Å². The highest BCUT2D eigenvalue weighted by atomic mass is 16.5. The first-order valence-electron chi connectivity index (χ1n) is 7.41. The predicted octanol–water partition coefficient (Wildman–Crippen LogP) is -1.51. The summed E-state index contributed by atoms with van der Waals surface area (Å²) in [6.45, 7) is 2.04. The number of aliphatic hydroxyl groups excluding tert-OH is 5. The molecule has 0 rings (SSSR count). The SMILES string of the molecule is CCC(C(O)CO)C(O)(COCCO)C(CC)C(O)CO. The predicted molar refractivity (Wildman–Crippen MR) is 76.6 cm³/mol. The molecule has 7 nitrogen and oxygen atoms in total. The molecule has 0 fully saturated rings. The summed E-state index contributed by atoms with van der Waals surface area (Å²) < 4.78 is 5.22.